The SMILES string of the molecule is CCOC(=O)c1ccc(NC(=O)COC(=O)CNC(=O)[C@@H](CC(=O)OCc2ccccc2)Cc2ccccc2)cc1. The number of rotatable bonds is 14. The zero-order valence-electron chi connectivity index (χ0n) is 22.7. The van der Waals surface area contributed by atoms with Crippen LogP contribution < -0.4 is 10.6 Å². The Hall–Kier alpha value is -4.99. The fraction of sp³-hybridized carbons (Fsp3) is 0.258. The van der Waals surface area contributed by atoms with Crippen LogP contribution in [0.2, 0.25) is 0 Å². The highest BCUT2D eigenvalue weighted by Crippen LogP contribution is 2.15. The minimum absolute atomic E-state index is 0.0866. The van der Waals surface area contributed by atoms with Crippen molar-refractivity contribution in [1.29, 1.82) is 0 Å². The van der Waals surface area contributed by atoms with E-state index in [0.29, 0.717) is 11.3 Å². The van der Waals surface area contributed by atoms with Crippen molar-refractivity contribution in [3.8, 4) is 0 Å². The quantitative estimate of drug-likeness (QED) is 0.226. The van der Waals surface area contributed by atoms with Crippen LogP contribution in [-0.4, -0.2) is 49.5 Å². The van der Waals surface area contributed by atoms with Gasteiger partial charge < -0.3 is 24.8 Å². The topological polar surface area (TPSA) is 137 Å². The first-order valence-corrected chi connectivity index (χ1v) is 13.1. The van der Waals surface area contributed by atoms with E-state index in [0.717, 1.165) is 11.1 Å². The summed E-state index contributed by atoms with van der Waals surface area (Å²) in [6, 6.07) is 24.4. The van der Waals surface area contributed by atoms with E-state index in [2.05, 4.69) is 10.6 Å². The molecule has 214 valence electrons. The maximum absolute atomic E-state index is 12.9. The summed E-state index contributed by atoms with van der Waals surface area (Å²) in [7, 11) is 0. The van der Waals surface area contributed by atoms with Crippen LogP contribution in [0.5, 0.6) is 0 Å². The summed E-state index contributed by atoms with van der Waals surface area (Å²) < 4.78 is 15.2. The highest BCUT2D eigenvalue weighted by Gasteiger charge is 2.24. The molecule has 0 saturated carbocycles. The van der Waals surface area contributed by atoms with Crippen molar-refractivity contribution in [2.24, 2.45) is 5.92 Å². The number of anilines is 1. The molecular weight excluding hydrogens is 528 g/mol. The predicted octanol–water partition coefficient (Wildman–Crippen LogP) is 3.45. The Kier molecular flexibility index (Phi) is 12.1. The van der Waals surface area contributed by atoms with Crippen LogP contribution in [0.25, 0.3) is 0 Å². The number of carbonyl (C=O) groups is 5. The predicted molar refractivity (Wildman–Crippen MR) is 149 cm³/mol. The highest BCUT2D eigenvalue weighted by molar-refractivity contribution is 5.94. The second-order valence-electron chi connectivity index (χ2n) is 8.96. The van der Waals surface area contributed by atoms with Crippen molar-refractivity contribution in [3.05, 3.63) is 102 Å². The van der Waals surface area contributed by atoms with Crippen molar-refractivity contribution in [2.75, 3.05) is 25.1 Å². The van der Waals surface area contributed by atoms with Gasteiger partial charge >= 0.3 is 17.9 Å². The third-order valence-electron chi connectivity index (χ3n) is 5.80. The molecule has 10 heteroatoms. The Morgan fingerprint density at radius 3 is 2.00 bits per heavy atom. The Bertz CT molecular complexity index is 1310. The number of esters is 3. The van der Waals surface area contributed by atoms with Gasteiger partial charge in [-0.2, -0.15) is 0 Å². The normalized spacial score (nSPS) is 11.0. The molecule has 10 nitrogen and oxygen atoms in total. The summed E-state index contributed by atoms with van der Waals surface area (Å²) in [5.74, 6) is -3.74. The zero-order valence-corrected chi connectivity index (χ0v) is 22.7. The van der Waals surface area contributed by atoms with Gasteiger partial charge in [0.2, 0.25) is 5.91 Å². The first-order valence-electron chi connectivity index (χ1n) is 13.1. The van der Waals surface area contributed by atoms with E-state index in [1.807, 2.05) is 60.7 Å². The smallest absolute Gasteiger partial charge is 0.338 e. The van der Waals surface area contributed by atoms with Crippen LogP contribution in [0.15, 0.2) is 84.9 Å². The van der Waals surface area contributed by atoms with Crippen LogP contribution in [0, 0.1) is 5.92 Å². The molecule has 0 bridgehead atoms. The van der Waals surface area contributed by atoms with Crippen molar-refractivity contribution >= 4 is 35.4 Å². The molecule has 1 atom stereocenters. The van der Waals surface area contributed by atoms with E-state index in [4.69, 9.17) is 14.2 Å². The molecular formula is C31H32N2O8. The fourth-order valence-electron chi connectivity index (χ4n) is 3.76. The van der Waals surface area contributed by atoms with Crippen molar-refractivity contribution in [2.45, 2.75) is 26.4 Å². The highest BCUT2D eigenvalue weighted by atomic mass is 16.5. The van der Waals surface area contributed by atoms with Crippen molar-refractivity contribution in [1.82, 2.24) is 5.32 Å². The van der Waals surface area contributed by atoms with E-state index < -0.39 is 48.8 Å². The molecule has 2 amide bonds. The number of ether oxygens (including phenoxy) is 3. The molecule has 0 fully saturated rings. The molecule has 3 aromatic carbocycles. The van der Waals surface area contributed by atoms with Gasteiger partial charge in [-0.25, -0.2) is 4.79 Å². The van der Waals surface area contributed by atoms with Crippen LogP contribution in [0.1, 0.15) is 34.8 Å². The van der Waals surface area contributed by atoms with Gasteiger partial charge in [0.25, 0.3) is 5.91 Å². The van der Waals surface area contributed by atoms with Crippen LogP contribution in [-0.2, 0) is 46.4 Å². The van der Waals surface area contributed by atoms with Gasteiger partial charge in [-0.15, -0.1) is 0 Å². The van der Waals surface area contributed by atoms with E-state index in [9.17, 15) is 24.0 Å². The maximum Gasteiger partial charge on any atom is 0.338 e. The van der Waals surface area contributed by atoms with Gasteiger partial charge in [-0.1, -0.05) is 60.7 Å². The second-order valence-corrected chi connectivity index (χ2v) is 8.96. The first kappa shape index (κ1) is 30.6. The fourth-order valence-corrected chi connectivity index (χ4v) is 3.76. The Balaban J connectivity index is 1.46. The Morgan fingerprint density at radius 1 is 0.732 bits per heavy atom. The molecule has 0 aromatic heterocycles. The number of hydrogen-bond acceptors (Lipinski definition) is 8. The van der Waals surface area contributed by atoms with E-state index in [-0.39, 0.29) is 26.1 Å². The number of benzene rings is 3. The van der Waals surface area contributed by atoms with Gasteiger partial charge in [0, 0.05) is 5.69 Å². The minimum atomic E-state index is -0.823. The van der Waals surface area contributed by atoms with Gasteiger partial charge in [0.05, 0.1) is 24.5 Å². The zero-order chi connectivity index (χ0) is 29.5. The number of carbonyl (C=O) groups excluding carboxylic acids is 5. The molecule has 0 aliphatic carbocycles. The van der Waals surface area contributed by atoms with Crippen LogP contribution in [0.3, 0.4) is 0 Å². The average Bonchev–Trinajstić information content (AvgIpc) is 2.99. The number of amides is 2. The van der Waals surface area contributed by atoms with Crippen molar-refractivity contribution < 1.29 is 38.2 Å². The van der Waals surface area contributed by atoms with E-state index >= 15 is 0 Å². The summed E-state index contributed by atoms with van der Waals surface area (Å²) in [6.45, 7) is 0.978. The largest absolute Gasteiger partial charge is 0.462 e. The molecule has 2 N–H and O–H groups in total. The summed E-state index contributed by atoms with van der Waals surface area (Å²) >= 11 is 0. The lowest BCUT2D eigenvalue weighted by Gasteiger charge is -2.16. The monoisotopic (exact) mass is 560 g/mol. The third-order valence-corrected chi connectivity index (χ3v) is 5.80. The lowest BCUT2D eigenvalue weighted by molar-refractivity contribution is -0.149. The molecule has 0 aliphatic rings. The average molecular weight is 561 g/mol. The Morgan fingerprint density at radius 2 is 1.37 bits per heavy atom. The summed E-state index contributed by atoms with van der Waals surface area (Å²) in [6.07, 6.45) is 0.0828. The molecule has 3 aromatic rings. The van der Waals surface area contributed by atoms with Gasteiger partial charge in [-0.05, 0) is 48.7 Å². The molecule has 0 heterocycles. The molecule has 0 aliphatic heterocycles. The molecule has 0 radical (unpaired) electrons. The molecule has 0 unspecified atom stereocenters. The van der Waals surface area contributed by atoms with Crippen LogP contribution in [0.4, 0.5) is 5.69 Å². The second kappa shape index (κ2) is 16.2. The van der Waals surface area contributed by atoms with Gasteiger partial charge in [-0.3, -0.25) is 19.2 Å². The van der Waals surface area contributed by atoms with Gasteiger partial charge in [0.1, 0.15) is 13.2 Å². The van der Waals surface area contributed by atoms with E-state index in [1.165, 1.54) is 24.3 Å². The van der Waals surface area contributed by atoms with Crippen molar-refractivity contribution in [3.63, 3.8) is 0 Å². The Labute approximate surface area is 238 Å². The molecule has 0 saturated heterocycles. The van der Waals surface area contributed by atoms with Crippen LogP contribution >= 0.6 is 0 Å². The maximum atomic E-state index is 12.9. The first-order chi connectivity index (χ1) is 19.8. The lowest BCUT2D eigenvalue weighted by Crippen LogP contribution is -2.38. The summed E-state index contributed by atoms with van der Waals surface area (Å²) in [4.78, 5) is 61.5. The molecule has 41 heavy (non-hydrogen) atoms. The number of hydrogen-bond donors (Lipinski definition) is 2. The summed E-state index contributed by atoms with van der Waals surface area (Å²) in [5, 5.41) is 5.03. The van der Waals surface area contributed by atoms with E-state index in [1.54, 1.807) is 6.92 Å². The third kappa shape index (κ3) is 11.0. The molecule has 0 spiro atoms. The standard InChI is InChI=1S/C31H32N2O8/c1-2-39-31(38)24-13-15-26(16-14-24)33-27(34)21-41-29(36)19-32-30(37)25(17-22-9-5-3-6-10-22)18-28(35)40-20-23-11-7-4-8-12-23/h3-16,25H,2,17-21H2,1H3,(H,32,37)(H,33,34)/t25-/m1/s1. The lowest BCUT2D eigenvalue weighted by atomic mass is 9.95. The molecule has 3 rings (SSSR count). The number of nitrogens with one attached hydrogen (secondary N) is 2. The summed E-state index contributed by atoms with van der Waals surface area (Å²) in [5.41, 5.74) is 2.40. The van der Waals surface area contributed by atoms with Gasteiger partial charge in [0.15, 0.2) is 6.61 Å². The minimum Gasteiger partial charge on any atom is -0.462 e.